The molecule has 0 spiro atoms. The summed E-state index contributed by atoms with van der Waals surface area (Å²) in [6, 6.07) is 5.19. The number of rotatable bonds is 8. The highest BCUT2D eigenvalue weighted by atomic mass is 19.1. The van der Waals surface area contributed by atoms with Crippen molar-refractivity contribution in [3.8, 4) is 5.75 Å². The van der Waals surface area contributed by atoms with Crippen LogP contribution in [0.4, 0.5) is 4.39 Å². The summed E-state index contributed by atoms with van der Waals surface area (Å²) in [5.41, 5.74) is 1.04. The molecule has 0 aromatic heterocycles. The van der Waals surface area contributed by atoms with Gasteiger partial charge in [0.05, 0.1) is 7.11 Å². The minimum absolute atomic E-state index is 0.185. The summed E-state index contributed by atoms with van der Waals surface area (Å²) in [5, 5.41) is 3.45. The molecular formula is C15H25FN2O. The molecule has 1 unspecified atom stereocenters. The number of nitrogens with one attached hydrogen (secondary N) is 1. The number of methoxy groups -OCH3 is 1. The fourth-order valence-electron chi connectivity index (χ4n) is 2.04. The molecule has 0 bridgehead atoms. The number of benzene rings is 1. The molecule has 1 rings (SSSR count). The molecule has 108 valence electrons. The molecule has 0 saturated heterocycles. The number of hydrogen-bond donors (Lipinski definition) is 1. The Kier molecular flexibility index (Phi) is 6.81. The first-order chi connectivity index (χ1) is 9.12. The summed E-state index contributed by atoms with van der Waals surface area (Å²) < 4.78 is 18.3. The van der Waals surface area contributed by atoms with Crippen molar-refractivity contribution in [1.29, 1.82) is 0 Å². The predicted octanol–water partition coefficient (Wildman–Crippen LogP) is 2.83. The van der Waals surface area contributed by atoms with E-state index in [4.69, 9.17) is 4.74 Å². The van der Waals surface area contributed by atoms with Crippen LogP contribution in [0.15, 0.2) is 18.2 Å². The van der Waals surface area contributed by atoms with Gasteiger partial charge in [0.1, 0.15) is 0 Å². The van der Waals surface area contributed by atoms with Gasteiger partial charge in [-0.2, -0.15) is 0 Å². The highest BCUT2D eigenvalue weighted by molar-refractivity contribution is 5.31. The second-order valence-electron chi connectivity index (χ2n) is 4.60. The van der Waals surface area contributed by atoms with Crippen molar-refractivity contribution in [2.45, 2.75) is 26.8 Å². The Morgan fingerprint density at radius 2 is 2.00 bits per heavy atom. The topological polar surface area (TPSA) is 24.5 Å². The van der Waals surface area contributed by atoms with Crippen LogP contribution in [0.1, 0.15) is 32.4 Å². The molecular weight excluding hydrogens is 243 g/mol. The predicted molar refractivity (Wildman–Crippen MR) is 77.2 cm³/mol. The Bertz CT molecular complexity index is 380. The number of nitrogens with zero attached hydrogens (tertiary/aromatic N) is 1. The molecule has 0 amide bonds. The highest BCUT2D eigenvalue weighted by Crippen LogP contribution is 2.22. The zero-order valence-electron chi connectivity index (χ0n) is 12.4. The quantitative estimate of drug-likeness (QED) is 0.784. The van der Waals surface area contributed by atoms with E-state index in [1.807, 2.05) is 0 Å². The van der Waals surface area contributed by atoms with Gasteiger partial charge < -0.3 is 15.0 Å². The van der Waals surface area contributed by atoms with Crippen molar-refractivity contribution in [1.82, 2.24) is 10.2 Å². The van der Waals surface area contributed by atoms with Crippen LogP contribution in [0, 0.1) is 5.82 Å². The highest BCUT2D eigenvalue weighted by Gasteiger charge is 2.09. The van der Waals surface area contributed by atoms with Gasteiger partial charge in [-0.25, -0.2) is 4.39 Å². The molecule has 4 heteroatoms. The molecule has 0 saturated carbocycles. The summed E-state index contributed by atoms with van der Waals surface area (Å²) in [5.74, 6) is -0.0171. The number of halogens is 1. The van der Waals surface area contributed by atoms with Crippen LogP contribution in [0.3, 0.4) is 0 Å². The van der Waals surface area contributed by atoms with Crippen molar-refractivity contribution in [3.63, 3.8) is 0 Å². The third-order valence-corrected chi connectivity index (χ3v) is 3.45. The maximum absolute atomic E-state index is 13.3. The lowest BCUT2D eigenvalue weighted by molar-refractivity contribution is 0.298. The Labute approximate surface area is 115 Å². The van der Waals surface area contributed by atoms with Gasteiger partial charge in [0, 0.05) is 19.1 Å². The molecule has 19 heavy (non-hydrogen) atoms. The van der Waals surface area contributed by atoms with Gasteiger partial charge in [-0.15, -0.1) is 0 Å². The van der Waals surface area contributed by atoms with E-state index in [1.165, 1.54) is 13.2 Å². The van der Waals surface area contributed by atoms with E-state index in [0.717, 1.165) is 31.7 Å². The first-order valence-electron chi connectivity index (χ1n) is 6.91. The van der Waals surface area contributed by atoms with Crippen LogP contribution in [-0.4, -0.2) is 38.2 Å². The Balaban J connectivity index is 2.51. The van der Waals surface area contributed by atoms with Crippen LogP contribution in [0.25, 0.3) is 0 Å². The van der Waals surface area contributed by atoms with E-state index < -0.39 is 0 Å². The molecule has 0 radical (unpaired) electrons. The second-order valence-corrected chi connectivity index (χ2v) is 4.60. The standard InChI is InChI=1S/C15H25FN2O/c1-5-18(6-2)10-9-17-12(3)13-7-8-14(16)15(11-13)19-4/h7-8,11-12,17H,5-6,9-10H2,1-4H3. The van der Waals surface area contributed by atoms with Crippen molar-refractivity contribution in [2.75, 3.05) is 33.3 Å². The summed E-state index contributed by atoms with van der Waals surface area (Å²) in [6.45, 7) is 10.5. The minimum atomic E-state index is -0.318. The van der Waals surface area contributed by atoms with Crippen molar-refractivity contribution in [2.24, 2.45) is 0 Å². The van der Waals surface area contributed by atoms with E-state index in [-0.39, 0.29) is 11.9 Å². The summed E-state index contributed by atoms with van der Waals surface area (Å²) in [6.07, 6.45) is 0. The van der Waals surface area contributed by atoms with Gasteiger partial charge in [0.2, 0.25) is 0 Å². The maximum atomic E-state index is 13.3. The van der Waals surface area contributed by atoms with E-state index in [1.54, 1.807) is 12.1 Å². The van der Waals surface area contributed by atoms with Gasteiger partial charge in [0.25, 0.3) is 0 Å². The third kappa shape index (κ3) is 4.80. The monoisotopic (exact) mass is 268 g/mol. The molecule has 1 aromatic rings. The lowest BCUT2D eigenvalue weighted by atomic mass is 10.1. The first-order valence-corrected chi connectivity index (χ1v) is 6.91. The first kappa shape index (κ1) is 15.9. The number of hydrogen-bond acceptors (Lipinski definition) is 3. The van der Waals surface area contributed by atoms with E-state index in [9.17, 15) is 4.39 Å². The SMILES string of the molecule is CCN(CC)CCNC(C)c1ccc(F)c(OC)c1. The van der Waals surface area contributed by atoms with E-state index in [2.05, 4.69) is 31.0 Å². The Morgan fingerprint density at radius 3 is 2.58 bits per heavy atom. The lowest BCUT2D eigenvalue weighted by Gasteiger charge is -2.21. The average molecular weight is 268 g/mol. The molecule has 3 nitrogen and oxygen atoms in total. The molecule has 1 N–H and O–H groups in total. The molecule has 0 aliphatic heterocycles. The second kappa shape index (κ2) is 8.12. The Morgan fingerprint density at radius 1 is 1.32 bits per heavy atom. The fourth-order valence-corrected chi connectivity index (χ4v) is 2.04. The van der Waals surface area contributed by atoms with Gasteiger partial charge in [0.15, 0.2) is 11.6 Å². The summed E-state index contributed by atoms with van der Waals surface area (Å²) in [4.78, 5) is 2.37. The van der Waals surface area contributed by atoms with Crippen molar-refractivity contribution < 1.29 is 9.13 Å². The molecule has 1 atom stereocenters. The molecule has 0 heterocycles. The zero-order valence-corrected chi connectivity index (χ0v) is 12.4. The van der Waals surface area contributed by atoms with E-state index in [0.29, 0.717) is 5.75 Å². The van der Waals surface area contributed by atoms with Crippen molar-refractivity contribution >= 4 is 0 Å². The largest absolute Gasteiger partial charge is 0.494 e. The van der Waals surface area contributed by atoms with E-state index >= 15 is 0 Å². The normalized spacial score (nSPS) is 12.7. The van der Waals surface area contributed by atoms with Crippen molar-refractivity contribution in [3.05, 3.63) is 29.6 Å². The van der Waals surface area contributed by atoms with Gasteiger partial charge in [-0.3, -0.25) is 0 Å². The van der Waals surface area contributed by atoms with Crippen LogP contribution in [0.2, 0.25) is 0 Å². The molecule has 0 aliphatic rings. The van der Waals surface area contributed by atoms with Crippen LogP contribution >= 0.6 is 0 Å². The number of ether oxygens (including phenoxy) is 1. The van der Waals surface area contributed by atoms with Crippen LogP contribution in [-0.2, 0) is 0 Å². The molecule has 1 aromatic carbocycles. The zero-order chi connectivity index (χ0) is 14.3. The molecule has 0 fully saturated rings. The Hall–Kier alpha value is -1.13. The van der Waals surface area contributed by atoms with Crippen LogP contribution < -0.4 is 10.1 Å². The van der Waals surface area contributed by atoms with Gasteiger partial charge in [-0.1, -0.05) is 19.9 Å². The lowest BCUT2D eigenvalue weighted by Crippen LogP contribution is -2.33. The summed E-state index contributed by atoms with van der Waals surface area (Å²) >= 11 is 0. The minimum Gasteiger partial charge on any atom is -0.494 e. The van der Waals surface area contributed by atoms with Crippen LogP contribution in [0.5, 0.6) is 5.75 Å². The smallest absolute Gasteiger partial charge is 0.165 e. The third-order valence-electron chi connectivity index (χ3n) is 3.45. The number of likely N-dealkylation sites (N-methyl/N-ethyl adjacent to an activating group) is 1. The van der Waals surface area contributed by atoms with Gasteiger partial charge >= 0.3 is 0 Å². The fraction of sp³-hybridized carbons (Fsp3) is 0.600. The average Bonchev–Trinajstić information content (AvgIpc) is 2.44. The molecule has 0 aliphatic carbocycles. The van der Waals surface area contributed by atoms with Gasteiger partial charge in [-0.05, 0) is 37.7 Å². The summed E-state index contributed by atoms with van der Waals surface area (Å²) in [7, 11) is 1.49. The maximum Gasteiger partial charge on any atom is 0.165 e.